The normalized spacial score (nSPS) is 14.1. The molecule has 9 nitrogen and oxygen atoms in total. The summed E-state index contributed by atoms with van der Waals surface area (Å²) in [4.78, 5) is 14.2. The number of benzene rings is 1. The van der Waals surface area contributed by atoms with Crippen LogP contribution in [0, 0.1) is 0 Å². The Morgan fingerprint density at radius 3 is 2.00 bits per heavy atom. The lowest BCUT2D eigenvalue weighted by molar-refractivity contribution is -0.136. The molecule has 0 aromatic heterocycles. The van der Waals surface area contributed by atoms with Gasteiger partial charge in [0, 0.05) is 4.91 Å². The molecule has 0 saturated carbocycles. The minimum absolute atomic E-state index is 0.221. The molecular formula is C19H28N3O6P. The second-order valence-corrected chi connectivity index (χ2v) is 10.1. The van der Waals surface area contributed by atoms with Crippen LogP contribution in [0.3, 0.4) is 0 Å². The third-order valence-corrected chi connectivity index (χ3v) is 5.69. The van der Waals surface area contributed by atoms with Crippen molar-refractivity contribution in [3.8, 4) is 0 Å². The zero-order valence-corrected chi connectivity index (χ0v) is 18.6. The smallest absolute Gasteiger partial charge is 0.364 e. The van der Waals surface area contributed by atoms with E-state index in [1.807, 2.05) is 0 Å². The van der Waals surface area contributed by atoms with E-state index in [2.05, 4.69) is 14.8 Å². The molecule has 0 aliphatic carbocycles. The summed E-state index contributed by atoms with van der Waals surface area (Å²) >= 11 is 0. The van der Waals surface area contributed by atoms with Crippen molar-refractivity contribution in [2.45, 2.75) is 58.6 Å². The van der Waals surface area contributed by atoms with Crippen LogP contribution < -0.4 is 0 Å². The average Bonchev–Trinajstić information content (AvgIpc) is 2.57. The lowest BCUT2D eigenvalue weighted by Gasteiger charge is -2.34. The van der Waals surface area contributed by atoms with E-state index in [9.17, 15) is 14.5 Å². The number of aliphatic hydroxyl groups excluding tert-OH is 1. The van der Waals surface area contributed by atoms with Gasteiger partial charge < -0.3 is 18.9 Å². The predicted molar refractivity (Wildman–Crippen MR) is 110 cm³/mol. The van der Waals surface area contributed by atoms with Crippen molar-refractivity contribution >= 4 is 19.6 Å². The van der Waals surface area contributed by atoms with Crippen LogP contribution in [0.1, 0.15) is 58.5 Å². The molecule has 1 atom stereocenters. The zero-order chi connectivity index (χ0) is 22.5. The molecule has 0 bridgehead atoms. The van der Waals surface area contributed by atoms with Crippen molar-refractivity contribution in [3.05, 3.63) is 51.5 Å². The molecule has 1 N–H and O–H groups in total. The van der Waals surface area contributed by atoms with Gasteiger partial charge in [0.15, 0.2) is 5.85 Å². The van der Waals surface area contributed by atoms with Crippen LogP contribution in [0.2, 0.25) is 0 Å². The maximum absolute atomic E-state index is 13.4. The molecule has 160 valence electrons. The number of hydrogen-bond acceptors (Lipinski definition) is 7. The standard InChI is InChI=1S/C19H28N3O6P/c1-18(2,3)27-29(25,28-19(4,5)6)17(24)14-10-8-13(9-11-14)12-15(21-22-20)16(23)26-7/h8-12,17,24H,1-7H3/b15-12-. The monoisotopic (exact) mass is 425 g/mol. The Hall–Kier alpha value is -2.15. The first-order chi connectivity index (χ1) is 13.2. The van der Waals surface area contributed by atoms with Crippen molar-refractivity contribution in [1.29, 1.82) is 0 Å². The average molecular weight is 425 g/mol. The Morgan fingerprint density at radius 1 is 1.14 bits per heavy atom. The number of carbonyl (C=O) groups excluding carboxylic acids is 1. The first kappa shape index (κ1) is 24.9. The van der Waals surface area contributed by atoms with E-state index >= 15 is 0 Å². The Balaban J connectivity index is 3.26. The molecule has 1 aromatic rings. The van der Waals surface area contributed by atoms with Gasteiger partial charge in [-0.25, -0.2) is 4.79 Å². The maximum atomic E-state index is 13.4. The van der Waals surface area contributed by atoms with Gasteiger partial charge in [-0.05, 0) is 64.3 Å². The van der Waals surface area contributed by atoms with E-state index in [4.69, 9.17) is 14.6 Å². The van der Waals surface area contributed by atoms with Crippen molar-refractivity contribution in [2.75, 3.05) is 7.11 Å². The number of ether oxygens (including phenoxy) is 1. The second kappa shape index (κ2) is 9.57. The molecule has 0 spiro atoms. The quantitative estimate of drug-likeness (QED) is 0.157. The maximum Gasteiger partial charge on any atom is 0.364 e. The number of aliphatic hydroxyl groups is 1. The molecule has 0 amide bonds. The van der Waals surface area contributed by atoms with Crippen LogP contribution in [-0.4, -0.2) is 29.4 Å². The SMILES string of the molecule is COC(=O)/C(=C/c1ccc(C(O)P(=O)(OC(C)(C)C)OC(C)(C)C)cc1)N=[N+]=[N-]. The van der Waals surface area contributed by atoms with E-state index in [1.54, 1.807) is 53.7 Å². The molecule has 1 aromatic carbocycles. The molecule has 29 heavy (non-hydrogen) atoms. The molecule has 0 fully saturated rings. The Morgan fingerprint density at radius 2 is 1.62 bits per heavy atom. The Bertz CT molecular complexity index is 826. The van der Waals surface area contributed by atoms with E-state index in [0.717, 1.165) is 0 Å². The largest absolute Gasteiger partial charge is 0.466 e. The van der Waals surface area contributed by atoms with Gasteiger partial charge in [0.05, 0.1) is 18.3 Å². The number of azide groups is 1. The summed E-state index contributed by atoms with van der Waals surface area (Å²) in [6.45, 7) is 10.3. The molecule has 0 heterocycles. The minimum Gasteiger partial charge on any atom is -0.466 e. The first-order valence-corrected chi connectivity index (χ1v) is 10.5. The molecule has 0 radical (unpaired) electrons. The van der Waals surface area contributed by atoms with Crippen LogP contribution in [0.4, 0.5) is 0 Å². The highest BCUT2D eigenvalue weighted by Gasteiger charge is 2.42. The summed E-state index contributed by atoms with van der Waals surface area (Å²) in [7, 11) is -2.78. The van der Waals surface area contributed by atoms with Gasteiger partial charge >= 0.3 is 13.6 Å². The van der Waals surface area contributed by atoms with Crippen molar-refractivity contribution in [1.82, 2.24) is 0 Å². The van der Waals surface area contributed by atoms with Crippen LogP contribution in [0.5, 0.6) is 0 Å². The third-order valence-electron chi connectivity index (χ3n) is 3.19. The van der Waals surface area contributed by atoms with Crippen molar-refractivity contribution in [3.63, 3.8) is 0 Å². The van der Waals surface area contributed by atoms with Gasteiger partial charge in [-0.1, -0.05) is 29.4 Å². The second-order valence-electron chi connectivity index (χ2n) is 8.20. The fourth-order valence-corrected chi connectivity index (χ4v) is 4.57. The lowest BCUT2D eigenvalue weighted by atomic mass is 10.1. The molecule has 1 unspecified atom stereocenters. The number of esters is 1. The molecule has 1 rings (SSSR count). The zero-order valence-electron chi connectivity index (χ0n) is 17.7. The number of rotatable bonds is 7. The van der Waals surface area contributed by atoms with Gasteiger partial charge in [-0.2, -0.15) is 0 Å². The van der Waals surface area contributed by atoms with Crippen molar-refractivity contribution in [2.24, 2.45) is 5.11 Å². The van der Waals surface area contributed by atoms with Crippen LogP contribution in [0.25, 0.3) is 16.5 Å². The Labute approximate surface area is 170 Å². The fourth-order valence-electron chi connectivity index (χ4n) is 2.27. The summed E-state index contributed by atoms with van der Waals surface area (Å²) in [5.41, 5.74) is 7.55. The van der Waals surface area contributed by atoms with E-state index < -0.39 is 30.6 Å². The molecule has 0 aliphatic rings. The summed E-state index contributed by atoms with van der Waals surface area (Å²) in [6, 6.07) is 6.16. The van der Waals surface area contributed by atoms with E-state index in [1.165, 1.54) is 25.3 Å². The highest BCUT2D eigenvalue weighted by molar-refractivity contribution is 7.54. The first-order valence-electron chi connectivity index (χ1n) is 8.85. The topological polar surface area (TPSA) is 131 Å². The van der Waals surface area contributed by atoms with Gasteiger partial charge in [0.2, 0.25) is 0 Å². The van der Waals surface area contributed by atoms with Crippen LogP contribution in [-0.2, 0) is 23.1 Å². The third kappa shape index (κ3) is 8.01. The number of carbonyl (C=O) groups is 1. The predicted octanol–water partition coefficient (Wildman–Crippen LogP) is 5.33. The number of methoxy groups -OCH3 is 1. The van der Waals surface area contributed by atoms with E-state index in [-0.39, 0.29) is 5.70 Å². The van der Waals surface area contributed by atoms with Crippen molar-refractivity contribution < 1.29 is 28.3 Å². The summed E-state index contributed by atoms with van der Waals surface area (Å²) < 4.78 is 29.2. The van der Waals surface area contributed by atoms with Crippen LogP contribution in [0.15, 0.2) is 35.1 Å². The minimum atomic E-state index is -3.95. The molecular weight excluding hydrogens is 397 g/mol. The van der Waals surface area contributed by atoms with Gasteiger partial charge in [-0.15, -0.1) is 0 Å². The fraction of sp³-hybridized carbons (Fsp3) is 0.526. The van der Waals surface area contributed by atoms with Gasteiger partial charge in [0.1, 0.15) is 5.70 Å². The number of hydrogen-bond donors (Lipinski definition) is 1. The number of nitrogens with zero attached hydrogens (tertiary/aromatic N) is 3. The molecule has 0 aliphatic heterocycles. The lowest BCUT2D eigenvalue weighted by Crippen LogP contribution is -2.26. The highest BCUT2D eigenvalue weighted by atomic mass is 31.2. The molecule has 0 saturated heterocycles. The summed E-state index contributed by atoms with van der Waals surface area (Å²) in [6.07, 6.45) is 1.33. The Kier molecular flexibility index (Phi) is 8.21. The summed E-state index contributed by atoms with van der Waals surface area (Å²) in [5, 5.41) is 14.1. The summed E-state index contributed by atoms with van der Waals surface area (Å²) in [5.74, 6) is -2.30. The van der Waals surface area contributed by atoms with Gasteiger partial charge in [-0.3, -0.25) is 4.57 Å². The van der Waals surface area contributed by atoms with Gasteiger partial charge in [0.25, 0.3) is 0 Å². The highest BCUT2D eigenvalue weighted by Crippen LogP contribution is 2.63. The van der Waals surface area contributed by atoms with Crippen LogP contribution >= 0.6 is 7.60 Å². The molecule has 10 heteroatoms. The van der Waals surface area contributed by atoms with E-state index in [0.29, 0.717) is 11.1 Å².